The maximum atomic E-state index is 13.5. The monoisotopic (exact) mass is 464 g/mol. The second-order valence-electron chi connectivity index (χ2n) is 8.12. The van der Waals surface area contributed by atoms with Crippen LogP contribution in [0, 0.1) is 11.6 Å². The average Bonchev–Trinajstić information content (AvgIpc) is 3.28. The zero-order valence-electron chi connectivity index (χ0n) is 18.4. The summed E-state index contributed by atoms with van der Waals surface area (Å²) in [4.78, 5) is 25.3. The van der Waals surface area contributed by atoms with Gasteiger partial charge in [0.1, 0.15) is 5.69 Å². The zero-order chi connectivity index (χ0) is 24.2. The number of carbonyl (C=O) groups is 2. The molecule has 0 aliphatic carbocycles. The third-order valence-electron chi connectivity index (χ3n) is 5.54. The molecule has 0 fully saturated rings. The van der Waals surface area contributed by atoms with Gasteiger partial charge in [-0.1, -0.05) is 47.7 Å². The first-order valence-corrected chi connectivity index (χ1v) is 10.6. The summed E-state index contributed by atoms with van der Waals surface area (Å²) in [6.07, 6.45) is 1.88. The van der Waals surface area contributed by atoms with Crippen molar-refractivity contribution in [1.82, 2.24) is 19.9 Å². The summed E-state index contributed by atoms with van der Waals surface area (Å²) in [5.74, 6) is -3.60. The van der Waals surface area contributed by atoms with Crippen LogP contribution in [0.25, 0.3) is 10.8 Å². The zero-order valence-corrected chi connectivity index (χ0v) is 18.4. The van der Waals surface area contributed by atoms with Gasteiger partial charge in [-0.25, -0.2) is 13.5 Å². The summed E-state index contributed by atoms with van der Waals surface area (Å²) in [7, 11) is 1.51. The molecule has 34 heavy (non-hydrogen) atoms. The highest BCUT2D eigenvalue weighted by molar-refractivity contribution is 5.94. The van der Waals surface area contributed by atoms with Crippen molar-refractivity contribution in [2.24, 2.45) is 0 Å². The molecule has 1 amide bonds. The van der Waals surface area contributed by atoms with Gasteiger partial charge in [0.15, 0.2) is 11.6 Å². The molecule has 0 spiro atoms. The molecule has 0 saturated heterocycles. The summed E-state index contributed by atoms with van der Waals surface area (Å²) in [6, 6.07) is 16.4. The Morgan fingerprint density at radius 3 is 2.53 bits per heavy atom. The first-order valence-electron chi connectivity index (χ1n) is 10.6. The molecule has 7 nitrogen and oxygen atoms in total. The number of carboxylic acid groups (broad SMARTS) is 1. The van der Waals surface area contributed by atoms with E-state index >= 15 is 0 Å². The minimum atomic E-state index is -1.10. The Balaban J connectivity index is 1.49. The number of carbonyl (C=O) groups excluding carboxylic acids is 1. The maximum absolute atomic E-state index is 13.5. The standard InChI is InChI=1S/C25H22F2N4O3/c1-30(25(34)19-8-9-22(26)23(27)12-19)14-20-15-31(29-28-20)21(13-24(32)33)11-16-6-7-17-4-2-3-5-18(17)10-16/h2-10,12,15,21H,11,13-14H2,1H3,(H,32,33)/t21-/m1/s1. The van der Waals surface area contributed by atoms with Crippen LogP contribution in [0.4, 0.5) is 8.78 Å². The van der Waals surface area contributed by atoms with Gasteiger partial charge in [-0.3, -0.25) is 9.59 Å². The molecule has 0 bridgehead atoms. The number of carboxylic acids is 1. The molecule has 1 atom stereocenters. The number of fused-ring (bicyclic) bond motifs is 1. The lowest BCUT2D eigenvalue weighted by Gasteiger charge is -2.16. The van der Waals surface area contributed by atoms with Crippen molar-refractivity contribution in [1.29, 1.82) is 0 Å². The van der Waals surface area contributed by atoms with Crippen molar-refractivity contribution in [2.75, 3.05) is 7.05 Å². The van der Waals surface area contributed by atoms with Crippen molar-refractivity contribution in [3.05, 3.63) is 95.3 Å². The van der Waals surface area contributed by atoms with Crippen LogP contribution in [-0.4, -0.2) is 43.9 Å². The van der Waals surface area contributed by atoms with E-state index in [1.807, 2.05) is 42.5 Å². The van der Waals surface area contributed by atoms with Crippen molar-refractivity contribution in [2.45, 2.75) is 25.4 Å². The third-order valence-corrected chi connectivity index (χ3v) is 5.54. The number of hydrogen-bond donors (Lipinski definition) is 1. The number of aliphatic carboxylic acids is 1. The van der Waals surface area contributed by atoms with Crippen LogP contribution in [0.3, 0.4) is 0 Å². The van der Waals surface area contributed by atoms with Crippen LogP contribution in [0.15, 0.2) is 66.9 Å². The Morgan fingerprint density at radius 1 is 1.03 bits per heavy atom. The average molecular weight is 464 g/mol. The lowest BCUT2D eigenvalue weighted by molar-refractivity contribution is -0.138. The Labute approximate surface area is 194 Å². The first kappa shape index (κ1) is 23.0. The molecule has 0 aliphatic rings. The molecule has 4 aromatic rings. The van der Waals surface area contributed by atoms with Gasteiger partial charge >= 0.3 is 5.97 Å². The molecule has 1 N–H and O–H groups in total. The maximum Gasteiger partial charge on any atom is 0.305 e. The predicted octanol–water partition coefficient (Wildman–Crippen LogP) is 4.24. The van der Waals surface area contributed by atoms with Gasteiger partial charge < -0.3 is 10.0 Å². The fraction of sp³-hybridized carbons (Fsp3) is 0.200. The second-order valence-corrected chi connectivity index (χ2v) is 8.12. The number of halogens is 2. The Bertz CT molecular complexity index is 1360. The number of aromatic nitrogens is 3. The van der Waals surface area contributed by atoms with Crippen LogP contribution in [0.1, 0.15) is 34.1 Å². The lowest BCUT2D eigenvalue weighted by Crippen LogP contribution is -2.26. The SMILES string of the molecule is CN(Cc1cn([C@@H](CC(=O)O)Cc2ccc3ccccc3c2)nn1)C(=O)c1ccc(F)c(F)c1. The summed E-state index contributed by atoms with van der Waals surface area (Å²) in [5, 5.41) is 19.7. The van der Waals surface area contributed by atoms with Crippen LogP contribution in [0.5, 0.6) is 0 Å². The number of nitrogens with zero attached hydrogens (tertiary/aromatic N) is 4. The van der Waals surface area contributed by atoms with Gasteiger partial charge in [0.05, 0.1) is 25.2 Å². The van der Waals surface area contributed by atoms with E-state index in [0.717, 1.165) is 28.5 Å². The van der Waals surface area contributed by atoms with Gasteiger partial charge in [-0.15, -0.1) is 5.10 Å². The molecule has 4 rings (SSSR count). The van der Waals surface area contributed by atoms with E-state index in [9.17, 15) is 23.5 Å². The van der Waals surface area contributed by atoms with Gasteiger partial charge in [-0.2, -0.15) is 0 Å². The minimum Gasteiger partial charge on any atom is -0.481 e. The highest BCUT2D eigenvalue weighted by atomic mass is 19.2. The smallest absolute Gasteiger partial charge is 0.305 e. The molecular weight excluding hydrogens is 442 g/mol. The number of benzene rings is 3. The normalized spacial score (nSPS) is 12.0. The number of hydrogen-bond acceptors (Lipinski definition) is 4. The second kappa shape index (κ2) is 9.78. The van der Waals surface area contributed by atoms with Crippen molar-refractivity contribution < 1.29 is 23.5 Å². The van der Waals surface area contributed by atoms with Crippen LogP contribution in [-0.2, 0) is 17.8 Å². The number of amides is 1. The van der Waals surface area contributed by atoms with Gasteiger partial charge in [0.2, 0.25) is 0 Å². The van der Waals surface area contributed by atoms with Crippen molar-refractivity contribution in [3.63, 3.8) is 0 Å². The summed E-state index contributed by atoms with van der Waals surface area (Å²) in [6.45, 7) is 0.0631. The number of rotatable bonds is 8. The molecule has 174 valence electrons. The molecular formula is C25H22F2N4O3. The van der Waals surface area contributed by atoms with E-state index in [2.05, 4.69) is 10.3 Å². The summed E-state index contributed by atoms with van der Waals surface area (Å²) >= 11 is 0. The molecule has 1 aromatic heterocycles. The van der Waals surface area contributed by atoms with Gasteiger partial charge in [0, 0.05) is 12.6 Å². The van der Waals surface area contributed by atoms with E-state index in [0.29, 0.717) is 12.1 Å². The molecule has 0 radical (unpaired) electrons. The predicted molar refractivity (Wildman–Crippen MR) is 121 cm³/mol. The molecule has 0 saturated carbocycles. The van der Waals surface area contributed by atoms with Gasteiger partial charge in [-0.05, 0) is 41.0 Å². The topological polar surface area (TPSA) is 88.3 Å². The Morgan fingerprint density at radius 2 is 1.79 bits per heavy atom. The van der Waals surface area contributed by atoms with E-state index in [4.69, 9.17) is 0 Å². The van der Waals surface area contributed by atoms with Gasteiger partial charge in [0.25, 0.3) is 5.91 Å². The fourth-order valence-electron chi connectivity index (χ4n) is 3.83. The third kappa shape index (κ3) is 5.25. The quantitative estimate of drug-likeness (QED) is 0.421. The summed E-state index contributed by atoms with van der Waals surface area (Å²) in [5.41, 5.74) is 1.41. The van der Waals surface area contributed by atoms with Crippen LogP contribution in [0.2, 0.25) is 0 Å². The van der Waals surface area contributed by atoms with E-state index < -0.39 is 29.6 Å². The Kier molecular flexibility index (Phi) is 6.62. The molecule has 9 heteroatoms. The molecule has 3 aromatic carbocycles. The minimum absolute atomic E-state index is 0.00819. The lowest BCUT2D eigenvalue weighted by atomic mass is 10.00. The highest BCUT2D eigenvalue weighted by Crippen LogP contribution is 2.22. The summed E-state index contributed by atoms with van der Waals surface area (Å²) < 4.78 is 28.1. The molecule has 0 unspecified atom stereocenters. The van der Waals surface area contributed by atoms with Crippen LogP contribution >= 0.6 is 0 Å². The van der Waals surface area contributed by atoms with Crippen molar-refractivity contribution >= 4 is 22.6 Å². The highest BCUT2D eigenvalue weighted by Gasteiger charge is 2.20. The fourth-order valence-corrected chi connectivity index (χ4v) is 3.83. The Hall–Kier alpha value is -4.14. The van der Waals surface area contributed by atoms with E-state index in [1.54, 1.807) is 6.20 Å². The van der Waals surface area contributed by atoms with E-state index in [-0.39, 0.29) is 18.5 Å². The largest absolute Gasteiger partial charge is 0.481 e. The molecule has 0 aliphatic heterocycles. The van der Waals surface area contributed by atoms with Crippen LogP contribution < -0.4 is 0 Å². The van der Waals surface area contributed by atoms with E-state index in [1.165, 1.54) is 22.7 Å². The first-order chi connectivity index (χ1) is 16.3. The van der Waals surface area contributed by atoms with Crippen molar-refractivity contribution in [3.8, 4) is 0 Å². The molecule has 1 heterocycles.